The molecule has 2 aliphatic rings. The van der Waals surface area contributed by atoms with Gasteiger partial charge in [-0.2, -0.15) is 23.1 Å². The normalized spacial score (nSPS) is 16.4. The van der Waals surface area contributed by atoms with Crippen molar-refractivity contribution in [3.63, 3.8) is 0 Å². The number of benzene rings is 1. The molecule has 152 valence electrons. The molecule has 0 amide bonds. The SMILES string of the molecule is FC(F)(F)c1c[nH]c2nc(Nc3cccc4c3OCC4)nc(NCC3CCC3)c12. The van der Waals surface area contributed by atoms with E-state index < -0.39 is 11.7 Å². The molecule has 2 aromatic heterocycles. The third-order valence-corrected chi connectivity index (χ3v) is 5.58. The Kier molecular flexibility index (Phi) is 4.25. The van der Waals surface area contributed by atoms with Crippen LogP contribution in [0.4, 0.5) is 30.6 Å². The summed E-state index contributed by atoms with van der Waals surface area (Å²) in [5.41, 5.74) is 1.16. The van der Waals surface area contributed by atoms with E-state index in [0.717, 1.165) is 43.2 Å². The van der Waals surface area contributed by atoms with Gasteiger partial charge in [-0.05, 0) is 30.4 Å². The van der Waals surface area contributed by atoms with E-state index in [4.69, 9.17) is 4.74 Å². The number of H-pyrrole nitrogens is 1. The Bertz CT molecular complexity index is 1060. The average molecular weight is 403 g/mol. The molecule has 6 nitrogen and oxygen atoms in total. The van der Waals surface area contributed by atoms with Crippen molar-refractivity contribution in [2.24, 2.45) is 5.92 Å². The molecule has 0 atom stereocenters. The van der Waals surface area contributed by atoms with Gasteiger partial charge in [0.2, 0.25) is 5.95 Å². The van der Waals surface area contributed by atoms with Gasteiger partial charge in [-0.15, -0.1) is 0 Å². The first-order chi connectivity index (χ1) is 14.0. The predicted molar refractivity (Wildman–Crippen MR) is 104 cm³/mol. The molecule has 0 spiro atoms. The van der Waals surface area contributed by atoms with Crippen molar-refractivity contribution >= 4 is 28.5 Å². The molecule has 0 radical (unpaired) electrons. The number of hydrogen-bond acceptors (Lipinski definition) is 5. The number of anilines is 3. The number of ether oxygens (including phenoxy) is 1. The Morgan fingerprint density at radius 3 is 2.83 bits per heavy atom. The highest BCUT2D eigenvalue weighted by Crippen LogP contribution is 2.39. The number of alkyl halides is 3. The number of para-hydroxylation sites is 1. The van der Waals surface area contributed by atoms with Crippen molar-refractivity contribution < 1.29 is 17.9 Å². The van der Waals surface area contributed by atoms with Gasteiger partial charge in [0.15, 0.2) is 0 Å². The van der Waals surface area contributed by atoms with Gasteiger partial charge in [0.1, 0.15) is 17.2 Å². The molecule has 9 heteroatoms. The van der Waals surface area contributed by atoms with E-state index in [1.54, 1.807) is 0 Å². The summed E-state index contributed by atoms with van der Waals surface area (Å²) in [6.45, 7) is 1.20. The second-order valence-corrected chi connectivity index (χ2v) is 7.51. The maximum absolute atomic E-state index is 13.5. The summed E-state index contributed by atoms with van der Waals surface area (Å²) in [6.07, 6.45) is 0.608. The molecule has 5 rings (SSSR count). The lowest BCUT2D eigenvalue weighted by Crippen LogP contribution is -2.22. The van der Waals surface area contributed by atoms with Crippen LogP contribution in [0, 0.1) is 5.92 Å². The third-order valence-electron chi connectivity index (χ3n) is 5.58. The minimum Gasteiger partial charge on any atom is -0.491 e. The van der Waals surface area contributed by atoms with Crippen molar-refractivity contribution in [1.29, 1.82) is 0 Å². The number of aromatic amines is 1. The van der Waals surface area contributed by atoms with Crippen LogP contribution >= 0.6 is 0 Å². The van der Waals surface area contributed by atoms with Crippen LogP contribution in [0.25, 0.3) is 11.0 Å². The number of aromatic nitrogens is 3. The van der Waals surface area contributed by atoms with Gasteiger partial charge >= 0.3 is 6.18 Å². The van der Waals surface area contributed by atoms with Crippen LogP contribution in [-0.4, -0.2) is 28.1 Å². The van der Waals surface area contributed by atoms with Crippen molar-refractivity contribution in [2.45, 2.75) is 31.9 Å². The highest BCUT2D eigenvalue weighted by molar-refractivity contribution is 5.92. The van der Waals surface area contributed by atoms with E-state index in [-0.39, 0.29) is 22.8 Å². The van der Waals surface area contributed by atoms with Gasteiger partial charge in [0.05, 0.1) is 23.2 Å². The first-order valence-corrected chi connectivity index (χ1v) is 9.71. The smallest absolute Gasteiger partial charge is 0.418 e. The number of rotatable bonds is 5. The largest absolute Gasteiger partial charge is 0.491 e. The Balaban J connectivity index is 1.53. The van der Waals surface area contributed by atoms with Crippen LogP contribution in [0.3, 0.4) is 0 Å². The zero-order chi connectivity index (χ0) is 20.0. The van der Waals surface area contributed by atoms with Gasteiger partial charge < -0.3 is 20.4 Å². The predicted octanol–water partition coefficient (Wildman–Crippen LogP) is 4.87. The summed E-state index contributed by atoms with van der Waals surface area (Å²) >= 11 is 0. The molecule has 1 aliphatic carbocycles. The number of nitrogens with one attached hydrogen (secondary N) is 3. The molecule has 0 saturated heterocycles. The Hall–Kier alpha value is -2.97. The number of halogens is 3. The summed E-state index contributed by atoms with van der Waals surface area (Å²) in [5.74, 6) is 1.61. The molecular weight excluding hydrogens is 383 g/mol. The molecule has 1 aromatic carbocycles. The van der Waals surface area contributed by atoms with Gasteiger partial charge in [-0.25, -0.2) is 0 Å². The fraction of sp³-hybridized carbons (Fsp3) is 0.400. The van der Waals surface area contributed by atoms with Gasteiger partial charge in [-0.3, -0.25) is 0 Å². The first kappa shape index (κ1) is 18.1. The van der Waals surface area contributed by atoms with E-state index in [1.807, 2.05) is 18.2 Å². The molecule has 0 unspecified atom stereocenters. The molecule has 3 aromatic rings. The van der Waals surface area contributed by atoms with Crippen LogP contribution in [0.5, 0.6) is 5.75 Å². The van der Waals surface area contributed by atoms with E-state index in [0.29, 0.717) is 24.8 Å². The van der Waals surface area contributed by atoms with Crippen molar-refractivity contribution in [2.75, 3.05) is 23.8 Å². The van der Waals surface area contributed by atoms with E-state index >= 15 is 0 Å². The van der Waals surface area contributed by atoms with Crippen LogP contribution in [0.1, 0.15) is 30.4 Å². The molecule has 0 bridgehead atoms. The lowest BCUT2D eigenvalue weighted by atomic mass is 9.85. The minimum atomic E-state index is -4.49. The number of fused-ring (bicyclic) bond motifs is 2. The highest BCUT2D eigenvalue weighted by atomic mass is 19.4. The maximum Gasteiger partial charge on any atom is 0.418 e. The molecule has 1 saturated carbocycles. The van der Waals surface area contributed by atoms with Crippen LogP contribution in [0.15, 0.2) is 24.4 Å². The zero-order valence-corrected chi connectivity index (χ0v) is 15.6. The molecule has 1 fully saturated rings. The molecule has 29 heavy (non-hydrogen) atoms. The first-order valence-electron chi connectivity index (χ1n) is 9.71. The van der Waals surface area contributed by atoms with Crippen molar-refractivity contribution in [1.82, 2.24) is 15.0 Å². The summed E-state index contributed by atoms with van der Waals surface area (Å²) in [5, 5.41) is 6.21. The van der Waals surface area contributed by atoms with Crippen LogP contribution < -0.4 is 15.4 Å². The molecule has 1 aliphatic heterocycles. The Morgan fingerprint density at radius 1 is 1.21 bits per heavy atom. The lowest BCUT2D eigenvalue weighted by molar-refractivity contribution is -0.136. The monoisotopic (exact) mass is 403 g/mol. The molecular formula is C20H20F3N5O. The van der Waals surface area contributed by atoms with Gasteiger partial charge in [0.25, 0.3) is 0 Å². The standard InChI is InChI=1S/C20H20F3N5O/c21-20(22,23)13-10-25-18-15(13)17(24-9-11-3-1-4-11)27-19(28-18)26-14-6-2-5-12-7-8-29-16(12)14/h2,5-6,10-11H,1,3-4,7-9H2,(H3,24,25,26,27,28). The van der Waals surface area contributed by atoms with Gasteiger partial charge in [-0.1, -0.05) is 18.6 Å². The van der Waals surface area contributed by atoms with Crippen LogP contribution in [-0.2, 0) is 12.6 Å². The highest BCUT2D eigenvalue weighted by Gasteiger charge is 2.36. The van der Waals surface area contributed by atoms with Crippen molar-refractivity contribution in [3.8, 4) is 5.75 Å². The van der Waals surface area contributed by atoms with Crippen molar-refractivity contribution in [3.05, 3.63) is 35.5 Å². The van der Waals surface area contributed by atoms with Gasteiger partial charge in [0, 0.05) is 19.2 Å². The van der Waals surface area contributed by atoms with E-state index in [1.165, 1.54) is 0 Å². The summed E-state index contributed by atoms with van der Waals surface area (Å²) in [4.78, 5) is 11.3. The fourth-order valence-electron chi connectivity index (χ4n) is 3.81. The second-order valence-electron chi connectivity index (χ2n) is 7.51. The quantitative estimate of drug-likeness (QED) is 0.567. The second kappa shape index (κ2) is 6.82. The van der Waals surface area contributed by atoms with Crippen LogP contribution in [0.2, 0.25) is 0 Å². The minimum absolute atomic E-state index is 0.0306. The topological polar surface area (TPSA) is 74.9 Å². The average Bonchev–Trinajstić information content (AvgIpc) is 3.27. The number of nitrogens with zero attached hydrogens (tertiary/aromatic N) is 2. The third kappa shape index (κ3) is 3.34. The Morgan fingerprint density at radius 2 is 2.07 bits per heavy atom. The number of hydrogen-bond donors (Lipinski definition) is 3. The maximum atomic E-state index is 13.5. The lowest BCUT2D eigenvalue weighted by Gasteiger charge is -2.26. The molecule has 3 heterocycles. The summed E-state index contributed by atoms with van der Waals surface area (Å²) in [7, 11) is 0. The summed E-state index contributed by atoms with van der Waals surface area (Å²) < 4.78 is 46.1. The zero-order valence-electron chi connectivity index (χ0n) is 15.6. The fourth-order valence-corrected chi connectivity index (χ4v) is 3.81. The molecule has 3 N–H and O–H groups in total. The van der Waals surface area contributed by atoms with E-state index in [2.05, 4.69) is 25.6 Å². The summed E-state index contributed by atoms with van der Waals surface area (Å²) in [6, 6.07) is 5.74. The van der Waals surface area contributed by atoms with E-state index in [9.17, 15) is 13.2 Å². The Labute approximate surface area is 164 Å².